The first-order valence-electron chi connectivity index (χ1n) is 11.9. The summed E-state index contributed by atoms with van der Waals surface area (Å²) in [6.45, 7) is 0.0518. The molecule has 2 aromatic carbocycles. The molecule has 1 saturated carbocycles. The summed E-state index contributed by atoms with van der Waals surface area (Å²) in [7, 11) is 1.95. The summed E-state index contributed by atoms with van der Waals surface area (Å²) in [6.07, 6.45) is 0.931. The van der Waals surface area contributed by atoms with E-state index in [1.54, 1.807) is 12.1 Å². The van der Waals surface area contributed by atoms with Crippen LogP contribution in [0.4, 0.5) is 13.2 Å². The van der Waals surface area contributed by atoms with Crippen molar-refractivity contribution in [2.75, 3.05) is 0 Å². The highest BCUT2D eigenvalue weighted by molar-refractivity contribution is 5.88. The largest absolute Gasteiger partial charge is 0.489 e. The zero-order valence-corrected chi connectivity index (χ0v) is 19.1. The minimum Gasteiger partial charge on any atom is -0.489 e. The van der Waals surface area contributed by atoms with Crippen LogP contribution in [0.15, 0.2) is 36.4 Å². The predicted molar refractivity (Wildman–Crippen MR) is 123 cm³/mol. The lowest BCUT2D eigenvalue weighted by Gasteiger charge is -2.19. The van der Waals surface area contributed by atoms with Crippen LogP contribution in [0.2, 0.25) is 0 Å². The van der Waals surface area contributed by atoms with Crippen molar-refractivity contribution >= 4 is 16.9 Å². The number of carboxylic acid groups (broad SMARTS) is 1. The molecule has 1 fully saturated rings. The van der Waals surface area contributed by atoms with Gasteiger partial charge in [-0.05, 0) is 72.6 Å². The van der Waals surface area contributed by atoms with Crippen molar-refractivity contribution < 1.29 is 27.8 Å². The highest BCUT2D eigenvalue weighted by Crippen LogP contribution is 2.43. The number of aliphatic carboxylic acids is 1. The quantitative estimate of drug-likeness (QED) is 0.424. The molecule has 1 N–H and O–H groups in total. The number of halogens is 3. The number of aromatic nitrogens is 1. The molecular weight excluding hydrogens is 443 g/mol. The van der Waals surface area contributed by atoms with Crippen LogP contribution < -0.4 is 4.74 Å². The van der Waals surface area contributed by atoms with Gasteiger partial charge in [0.15, 0.2) is 0 Å². The molecule has 1 atom stereocenters. The summed E-state index contributed by atoms with van der Waals surface area (Å²) in [6, 6.07) is 10.3. The lowest BCUT2D eigenvalue weighted by molar-refractivity contribution is -0.139. The van der Waals surface area contributed by atoms with Gasteiger partial charge in [0.1, 0.15) is 12.4 Å². The molecule has 0 amide bonds. The average molecular weight is 472 g/mol. The Morgan fingerprint density at radius 3 is 2.59 bits per heavy atom. The van der Waals surface area contributed by atoms with Crippen LogP contribution in [-0.2, 0) is 31.0 Å². The van der Waals surface area contributed by atoms with Crippen molar-refractivity contribution in [3.8, 4) is 5.75 Å². The van der Waals surface area contributed by atoms with Crippen molar-refractivity contribution in [1.82, 2.24) is 4.57 Å². The fourth-order valence-corrected chi connectivity index (χ4v) is 5.96. The Bertz CT molecular complexity index is 1240. The Kier molecular flexibility index (Phi) is 5.82. The molecule has 3 aromatic rings. The lowest BCUT2D eigenvalue weighted by atomic mass is 9.91. The molecular formula is C27H28F3NO3. The van der Waals surface area contributed by atoms with Gasteiger partial charge in [0.25, 0.3) is 0 Å². The van der Waals surface area contributed by atoms with Crippen LogP contribution in [0.25, 0.3) is 10.9 Å². The molecule has 5 rings (SSSR count). The normalized spacial score (nSPS) is 18.5. The molecule has 1 heterocycles. The van der Waals surface area contributed by atoms with Gasteiger partial charge in [-0.3, -0.25) is 4.79 Å². The van der Waals surface area contributed by atoms with Crippen molar-refractivity contribution in [2.24, 2.45) is 7.05 Å². The zero-order valence-electron chi connectivity index (χ0n) is 19.1. The number of ether oxygens (including phenoxy) is 1. The molecule has 0 spiro atoms. The van der Waals surface area contributed by atoms with E-state index in [1.165, 1.54) is 6.07 Å². The van der Waals surface area contributed by atoms with E-state index in [2.05, 4.69) is 4.57 Å². The molecule has 0 radical (unpaired) electrons. The van der Waals surface area contributed by atoms with Gasteiger partial charge in [-0.25, -0.2) is 0 Å². The molecule has 0 unspecified atom stereocenters. The van der Waals surface area contributed by atoms with E-state index in [4.69, 9.17) is 4.74 Å². The van der Waals surface area contributed by atoms with Gasteiger partial charge in [0, 0.05) is 29.6 Å². The summed E-state index contributed by atoms with van der Waals surface area (Å²) < 4.78 is 49.3. The summed E-state index contributed by atoms with van der Waals surface area (Å²) in [5, 5.41) is 10.3. The molecule has 2 aliphatic rings. The van der Waals surface area contributed by atoms with Gasteiger partial charge in [-0.1, -0.05) is 25.0 Å². The summed E-state index contributed by atoms with van der Waals surface area (Å²) >= 11 is 0. The van der Waals surface area contributed by atoms with E-state index >= 15 is 0 Å². The average Bonchev–Trinajstić information content (AvgIpc) is 3.51. The first kappa shape index (κ1) is 22.8. The summed E-state index contributed by atoms with van der Waals surface area (Å²) in [5.41, 5.74) is 3.58. The topological polar surface area (TPSA) is 51.5 Å². The number of carbonyl (C=O) groups is 1. The van der Waals surface area contributed by atoms with E-state index in [-0.39, 0.29) is 24.9 Å². The Hall–Kier alpha value is -2.96. The fraction of sp³-hybridized carbons (Fsp3) is 0.444. The molecule has 0 bridgehead atoms. The molecule has 34 heavy (non-hydrogen) atoms. The second-order valence-electron chi connectivity index (χ2n) is 9.62. The Morgan fingerprint density at radius 2 is 1.88 bits per heavy atom. The fourth-order valence-electron chi connectivity index (χ4n) is 5.96. The van der Waals surface area contributed by atoms with Gasteiger partial charge in [0.05, 0.1) is 12.0 Å². The molecule has 1 aromatic heterocycles. The number of aryl methyl sites for hydroxylation is 2. The Balaban J connectivity index is 1.39. The minimum atomic E-state index is -4.38. The van der Waals surface area contributed by atoms with Crippen LogP contribution >= 0.6 is 0 Å². The van der Waals surface area contributed by atoms with Crippen LogP contribution in [0.5, 0.6) is 5.75 Å². The third-order valence-electron chi connectivity index (χ3n) is 7.50. The number of hydrogen-bond acceptors (Lipinski definition) is 2. The van der Waals surface area contributed by atoms with Crippen LogP contribution in [0.3, 0.4) is 0 Å². The number of benzene rings is 2. The van der Waals surface area contributed by atoms with E-state index in [1.807, 2.05) is 25.2 Å². The smallest absolute Gasteiger partial charge is 0.416 e. The first-order valence-corrected chi connectivity index (χ1v) is 11.9. The zero-order chi connectivity index (χ0) is 24.0. The maximum Gasteiger partial charge on any atom is 0.416 e. The highest BCUT2D eigenvalue weighted by atomic mass is 19.4. The first-order chi connectivity index (χ1) is 16.2. The highest BCUT2D eigenvalue weighted by Gasteiger charge is 2.36. The minimum absolute atomic E-state index is 0.00607. The van der Waals surface area contributed by atoms with Gasteiger partial charge < -0.3 is 14.4 Å². The SMILES string of the molecule is Cn1c2c(c3cc(OCc4ccc(C5CCCC5)c(C(F)(F)F)c4)ccc31)CC[C@@H]2CC(=O)O. The van der Waals surface area contributed by atoms with Crippen molar-refractivity contribution in [3.63, 3.8) is 0 Å². The predicted octanol–water partition coefficient (Wildman–Crippen LogP) is 6.94. The molecule has 4 nitrogen and oxygen atoms in total. The van der Waals surface area contributed by atoms with Crippen molar-refractivity contribution in [3.05, 3.63) is 64.3 Å². The summed E-state index contributed by atoms with van der Waals surface area (Å²) in [5.74, 6) is -0.229. The number of alkyl halides is 3. The third-order valence-corrected chi connectivity index (χ3v) is 7.50. The second-order valence-corrected chi connectivity index (χ2v) is 9.62. The Morgan fingerprint density at radius 1 is 1.12 bits per heavy atom. The van der Waals surface area contributed by atoms with Crippen molar-refractivity contribution in [1.29, 1.82) is 0 Å². The number of fused-ring (bicyclic) bond motifs is 3. The van der Waals surface area contributed by atoms with Gasteiger partial charge in [-0.15, -0.1) is 0 Å². The monoisotopic (exact) mass is 471 g/mol. The number of hydrogen-bond donors (Lipinski definition) is 1. The Labute approximate surface area is 196 Å². The van der Waals surface area contributed by atoms with E-state index in [9.17, 15) is 23.1 Å². The number of carboxylic acids is 1. The van der Waals surface area contributed by atoms with Crippen LogP contribution in [0, 0.1) is 0 Å². The molecule has 7 heteroatoms. The molecule has 0 saturated heterocycles. The number of nitrogens with zero attached hydrogens (tertiary/aromatic N) is 1. The van der Waals surface area contributed by atoms with Crippen LogP contribution in [-0.4, -0.2) is 15.6 Å². The van der Waals surface area contributed by atoms with E-state index in [0.29, 0.717) is 16.9 Å². The van der Waals surface area contributed by atoms with Gasteiger partial charge in [0.2, 0.25) is 0 Å². The summed E-state index contributed by atoms with van der Waals surface area (Å²) in [4.78, 5) is 11.2. The van der Waals surface area contributed by atoms with E-state index < -0.39 is 17.7 Å². The van der Waals surface area contributed by atoms with Gasteiger partial charge in [-0.2, -0.15) is 13.2 Å². The standard InChI is InChI=1S/C27H28F3NO3/c1-31-24-11-8-19(14-22(24)21-10-7-18(26(21)31)13-25(32)33)34-15-16-6-9-20(17-4-2-3-5-17)23(12-16)27(28,29)30/h6,8-9,11-12,14,17-18H,2-5,7,10,13,15H2,1H3,(H,32,33)/t18-/m1/s1. The molecule has 0 aliphatic heterocycles. The van der Waals surface area contributed by atoms with Crippen molar-refractivity contribution in [2.45, 2.75) is 69.6 Å². The number of rotatable bonds is 6. The second kappa shape index (κ2) is 8.67. The lowest BCUT2D eigenvalue weighted by Crippen LogP contribution is -2.12. The van der Waals surface area contributed by atoms with Gasteiger partial charge >= 0.3 is 12.1 Å². The third kappa shape index (κ3) is 4.17. The van der Waals surface area contributed by atoms with E-state index in [0.717, 1.165) is 60.7 Å². The maximum atomic E-state index is 13.8. The molecule has 2 aliphatic carbocycles. The maximum absolute atomic E-state index is 13.8. The van der Waals surface area contributed by atoms with Crippen LogP contribution in [0.1, 0.15) is 78.3 Å². The molecule has 180 valence electrons.